The summed E-state index contributed by atoms with van der Waals surface area (Å²) in [6.45, 7) is 0.248. The summed E-state index contributed by atoms with van der Waals surface area (Å²) in [4.78, 5) is 14.9. The van der Waals surface area contributed by atoms with E-state index in [0.29, 0.717) is 4.73 Å². The summed E-state index contributed by atoms with van der Waals surface area (Å²) in [6.07, 6.45) is 0.949. The van der Waals surface area contributed by atoms with Crippen LogP contribution in [0.15, 0.2) is 53.8 Å². The van der Waals surface area contributed by atoms with E-state index in [-0.39, 0.29) is 17.8 Å². The lowest BCUT2D eigenvalue weighted by molar-refractivity contribution is -0.385. The smallest absolute Gasteiger partial charge is 0.289 e. The molecule has 0 fully saturated rings. The minimum absolute atomic E-state index is 0.0709. The van der Waals surface area contributed by atoms with E-state index in [0.717, 1.165) is 11.8 Å². The molecule has 1 aromatic heterocycles. The van der Waals surface area contributed by atoms with Crippen molar-refractivity contribution in [3.8, 4) is 0 Å². The van der Waals surface area contributed by atoms with E-state index in [2.05, 4.69) is 5.16 Å². The number of benzene rings is 1. The zero-order chi connectivity index (χ0) is 13.7. The van der Waals surface area contributed by atoms with Crippen molar-refractivity contribution in [2.24, 2.45) is 5.16 Å². The van der Waals surface area contributed by atoms with Crippen LogP contribution in [0.25, 0.3) is 0 Å². The Morgan fingerprint density at radius 2 is 2.00 bits per heavy atom. The minimum Gasteiger partial charge on any atom is -0.427 e. The molecular weight excluding hydrogens is 250 g/mol. The maximum absolute atomic E-state index is 10.5. The van der Waals surface area contributed by atoms with Crippen molar-refractivity contribution in [2.75, 3.05) is 0 Å². The Morgan fingerprint density at radius 1 is 1.26 bits per heavy atom. The van der Waals surface area contributed by atoms with Gasteiger partial charge in [0.2, 0.25) is 5.49 Å². The number of aromatic nitrogens is 1. The molecule has 0 aliphatic heterocycles. The lowest BCUT2D eigenvalue weighted by Gasteiger charge is -2.00. The fourth-order valence-corrected chi connectivity index (χ4v) is 1.40. The molecule has 0 radical (unpaired) electrons. The molecule has 0 unspecified atom stereocenters. The van der Waals surface area contributed by atoms with Crippen LogP contribution in [0.4, 0.5) is 5.69 Å². The van der Waals surface area contributed by atoms with Gasteiger partial charge in [-0.3, -0.25) is 10.1 Å². The third-order valence-electron chi connectivity index (χ3n) is 2.34. The van der Waals surface area contributed by atoms with Gasteiger partial charge in [0.25, 0.3) is 5.69 Å². The van der Waals surface area contributed by atoms with Crippen molar-refractivity contribution in [1.82, 2.24) is 4.73 Å². The van der Waals surface area contributed by atoms with Crippen LogP contribution in [0, 0.1) is 10.1 Å². The maximum Gasteiger partial charge on any atom is 0.289 e. The van der Waals surface area contributed by atoms with E-state index in [1.54, 1.807) is 0 Å². The number of hydrogen-bond donors (Lipinski definition) is 1. The molecule has 98 valence electrons. The van der Waals surface area contributed by atoms with Crippen molar-refractivity contribution in [3.63, 3.8) is 0 Å². The first-order valence-electron chi connectivity index (χ1n) is 5.43. The van der Waals surface area contributed by atoms with Crippen LogP contribution in [-0.4, -0.2) is 14.9 Å². The molecule has 1 N–H and O–H groups in total. The highest BCUT2D eigenvalue weighted by Gasteiger charge is 2.06. The largest absolute Gasteiger partial charge is 0.427 e. The molecule has 0 aliphatic rings. The molecule has 1 heterocycles. The van der Waals surface area contributed by atoms with E-state index in [1.165, 1.54) is 12.1 Å². The minimum atomic E-state index is -0.610. The van der Waals surface area contributed by atoms with E-state index in [4.69, 9.17) is 4.84 Å². The predicted octanol–water partition coefficient (Wildman–Crippen LogP) is 1.67. The van der Waals surface area contributed by atoms with Crippen LogP contribution in [0.2, 0.25) is 0 Å². The fourth-order valence-electron chi connectivity index (χ4n) is 1.40. The van der Waals surface area contributed by atoms with Gasteiger partial charge in [-0.1, -0.05) is 35.5 Å². The van der Waals surface area contributed by atoms with Gasteiger partial charge in [0.15, 0.2) is 0 Å². The van der Waals surface area contributed by atoms with E-state index in [1.807, 2.05) is 30.3 Å². The first-order valence-corrected chi connectivity index (χ1v) is 5.43. The van der Waals surface area contributed by atoms with Gasteiger partial charge in [-0.05, 0) is 11.6 Å². The highest BCUT2D eigenvalue weighted by molar-refractivity contribution is 5.23. The molecule has 19 heavy (non-hydrogen) atoms. The topological polar surface area (TPSA) is 89.9 Å². The predicted molar refractivity (Wildman–Crippen MR) is 65.1 cm³/mol. The van der Waals surface area contributed by atoms with Crippen LogP contribution in [0.1, 0.15) is 5.56 Å². The second-order valence-corrected chi connectivity index (χ2v) is 3.70. The van der Waals surface area contributed by atoms with Crippen LogP contribution < -0.4 is 5.49 Å². The summed E-state index contributed by atoms with van der Waals surface area (Å²) in [5, 5.41) is 23.7. The SMILES string of the molecule is O=[N+]([O-])c1cc/c(=N/OCc2ccccc2)n(O)c1. The highest BCUT2D eigenvalue weighted by atomic mass is 16.6. The van der Waals surface area contributed by atoms with Gasteiger partial charge in [0, 0.05) is 6.07 Å². The molecule has 2 aromatic rings. The van der Waals surface area contributed by atoms with Crippen molar-refractivity contribution in [2.45, 2.75) is 6.61 Å². The van der Waals surface area contributed by atoms with E-state index < -0.39 is 4.92 Å². The van der Waals surface area contributed by atoms with Crippen molar-refractivity contribution >= 4 is 5.69 Å². The second kappa shape index (κ2) is 5.67. The monoisotopic (exact) mass is 261 g/mol. The maximum atomic E-state index is 10.5. The molecule has 0 aliphatic carbocycles. The molecule has 2 rings (SSSR count). The first kappa shape index (κ1) is 12.6. The normalized spacial score (nSPS) is 11.3. The van der Waals surface area contributed by atoms with E-state index >= 15 is 0 Å². The molecular formula is C12H11N3O4. The second-order valence-electron chi connectivity index (χ2n) is 3.70. The van der Waals surface area contributed by atoms with Gasteiger partial charge < -0.3 is 10.0 Å². The lowest BCUT2D eigenvalue weighted by atomic mass is 10.2. The third kappa shape index (κ3) is 3.32. The van der Waals surface area contributed by atoms with Gasteiger partial charge >= 0.3 is 0 Å². The molecule has 7 heteroatoms. The number of nitrogens with zero attached hydrogens (tertiary/aromatic N) is 3. The Balaban J connectivity index is 2.10. The van der Waals surface area contributed by atoms with Crippen molar-refractivity contribution in [3.05, 3.63) is 69.8 Å². The van der Waals surface area contributed by atoms with Crippen molar-refractivity contribution < 1.29 is 15.0 Å². The molecule has 0 atom stereocenters. The Bertz CT molecular complexity index is 637. The van der Waals surface area contributed by atoms with Gasteiger partial charge in [0.05, 0.1) is 4.92 Å². The summed E-state index contributed by atoms with van der Waals surface area (Å²) < 4.78 is 0.545. The Hall–Kier alpha value is -2.83. The zero-order valence-electron chi connectivity index (χ0n) is 9.84. The number of hydrogen-bond acceptors (Lipinski definition) is 5. The summed E-state index contributed by atoms with van der Waals surface area (Å²) in [5.74, 6) is 0. The van der Waals surface area contributed by atoms with Crippen LogP contribution in [0.3, 0.4) is 0 Å². The lowest BCUT2D eigenvalue weighted by Crippen LogP contribution is -2.18. The molecule has 0 amide bonds. The average Bonchev–Trinajstić information content (AvgIpc) is 2.41. The Kier molecular flexibility index (Phi) is 3.77. The summed E-state index contributed by atoms with van der Waals surface area (Å²) >= 11 is 0. The summed E-state index contributed by atoms with van der Waals surface area (Å²) in [6, 6.07) is 11.9. The summed E-state index contributed by atoms with van der Waals surface area (Å²) in [7, 11) is 0. The molecule has 0 bridgehead atoms. The van der Waals surface area contributed by atoms with Gasteiger partial charge in [0.1, 0.15) is 12.8 Å². The van der Waals surface area contributed by atoms with Gasteiger partial charge in [-0.25, -0.2) is 0 Å². The standard InChI is InChI=1S/C12H11N3O4/c16-14-8-11(15(17)18)6-7-12(14)13-19-9-10-4-2-1-3-5-10/h1-8,16H,9H2/b13-12-. The molecule has 7 nitrogen and oxygen atoms in total. The Morgan fingerprint density at radius 3 is 2.63 bits per heavy atom. The number of rotatable bonds is 4. The number of nitro groups is 1. The average molecular weight is 261 g/mol. The van der Waals surface area contributed by atoms with Crippen LogP contribution >= 0.6 is 0 Å². The quantitative estimate of drug-likeness (QED) is 0.515. The van der Waals surface area contributed by atoms with Crippen LogP contribution in [-0.2, 0) is 11.4 Å². The third-order valence-corrected chi connectivity index (χ3v) is 2.34. The fraction of sp³-hybridized carbons (Fsp3) is 0.0833. The van der Waals surface area contributed by atoms with Crippen molar-refractivity contribution in [1.29, 1.82) is 0 Å². The zero-order valence-corrected chi connectivity index (χ0v) is 9.84. The van der Waals surface area contributed by atoms with Gasteiger partial charge in [-0.2, -0.15) is 4.73 Å². The molecule has 0 saturated carbocycles. The van der Waals surface area contributed by atoms with E-state index in [9.17, 15) is 15.3 Å². The highest BCUT2D eigenvalue weighted by Crippen LogP contribution is 2.05. The van der Waals surface area contributed by atoms with Crippen LogP contribution in [0.5, 0.6) is 0 Å². The Labute approximate surface area is 108 Å². The molecule has 1 aromatic carbocycles. The van der Waals surface area contributed by atoms with Gasteiger partial charge in [-0.15, -0.1) is 0 Å². The summed E-state index contributed by atoms with van der Waals surface area (Å²) in [5.41, 5.74) is 0.767. The molecule has 0 saturated heterocycles. The molecule has 0 spiro atoms. The number of pyridine rings is 1. The first-order chi connectivity index (χ1) is 9.16.